The van der Waals surface area contributed by atoms with Crippen molar-refractivity contribution in [2.24, 2.45) is 0 Å². The molecule has 88 valence electrons. The Morgan fingerprint density at radius 1 is 1.27 bits per heavy atom. The second kappa shape index (κ2) is 5.72. The van der Waals surface area contributed by atoms with Gasteiger partial charge in [0, 0.05) is 5.04 Å². The Balaban J connectivity index is 4.38. The van der Waals surface area contributed by atoms with Crippen LogP contribution in [0.25, 0.3) is 0 Å². The van der Waals surface area contributed by atoms with Gasteiger partial charge in [-0.2, -0.15) is 0 Å². The summed E-state index contributed by atoms with van der Waals surface area (Å²) in [6.45, 7) is 13.5. The molecule has 15 heavy (non-hydrogen) atoms. The zero-order valence-electron chi connectivity index (χ0n) is 11.1. The largest absolute Gasteiger partial charge is 0.380 e. The molecular weight excluding hydrogens is 200 g/mol. The second-order valence-electron chi connectivity index (χ2n) is 5.80. The Bertz CT molecular complexity index is 239. The number of aliphatic hydroxyl groups is 1. The van der Waals surface area contributed by atoms with Crippen LogP contribution >= 0.6 is 0 Å². The van der Waals surface area contributed by atoms with Crippen molar-refractivity contribution in [1.29, 1.82) is 0 Å². The van der Waals surface area contributed by atoms with Crippen LogP contribution < -0.4 is 0 Å². The lowest BCUT2D eigenvalue weighted by Crippen LogP contribution is -2.34. The van der Waals surface area contributed by atoms with Gasteiger partial charge < -0.3 is 5.11 Å². The van der Waals surface area contributed by atoms with Gasteiger partial charge in [-0.25, -0.2) is 0 Å². The van der Waals surface area contributed by atoms with Crippen LogP contribution in [0.3, 0.4) is 0 Å². The van der Waals surface area contributed by atoms with Crippen molar-refractivity contribution >= 4 is 8.07 Å². The summed E-state index contributed by atoms with van der Waals surface area (Å²) in [4.78, 5) is 0. The number of unbranched alkanes of at least 4 members (excludes halogenated alkanes) is 1. The summed E-state index contributed by atoms with van der Waals surface area (Å²) in [6, 6.07) is 0. The molecule has 1 nitrogen and oxygen atoms in total. The molecule has 0 aliphatic heterocycles. The van der Waals surface area contributed by atoms with Gasteiger partial charge in [-0.05, 0) is 6.42 Å². The van der Waals surface area contributed by atoms with Crippen LogP contribution in [0.4, 0.5) is 0 Å². The van der Waals surface area contributed by atoms with E-state index in [0.29, 0.717) is 0 Å². The van der Waals surface area contributed by atoms with E-state index >= 15 is 0 Å². The first-order valence-corrected chi connectivity index (χ1v) is 9.41. The van der Waals surface area contributed by atoms with Crippen molar-refractivity contribution in [3.05, 3.63) is 0 Å². The Morgan fingerprint density at radius 2 is 1.80 bits per heavy atom. The van der Waals surface area contributed by atoms with Crippen LogP contribution in [0.15, 0.2) is 0 Å². The van der Waals surface area contributed by atoms with Gasteiger partial charge in [0.05, 0.1) is 8.07 Å². The molecule has 0 aromatic heterocycles. The maximum atomic E-state index is 9.65. The normalized spacial score (nSPS) is 14.3. The quantitative estimate of drug-likeness (QED) is 0.573. The number of hydrogen-bond donors (Lipinski definition) is 1. The summed E-state index contributed by atoms with van der Waals surface area (Å²) in [5.41, 5.74) is 0. The average Bonchev–Trinajstić information content (AvgIpc) is 2.09. The van der Waals surface area contributed by atoms with Crippen molar-refractivity contribution in [3.63, 3.8) is 0 Å². The number of rotatable bonds is 4. The third-order valence-electron chi connectivity index (χ3n) is 3.26. The van der Waals surface area contributed by atoms with Gasteiger partial charge in [0.2, 0.25) is 0 Å². The molecule has 0 bridgehead atoms. The molecule has 0 radical (unpaired) electrons. The molecule has 2 heteroatoms. The van der Waals surface area contributed by atoms with E-state index in [9.17, 15) is 5.11 Å². The third-order valence-corrected chi connectivity index (χ3v) is 7.13. The first kappa shape index (κ1) is 14.7. The monoisotopic (exact) mass is 226 g/mol. The topological polar surface area (TPSA) is 20.2 Å². The van der Waals surface area contributed by atoms with Crippen molar-refractivity contribution in [2.75, 3.05) is 0 Å². The molecule has 0 aromatic rings. The van der Waals surface area contributed by atoms with Crippen LogP contribution in [-0.2, 0) is 0 Å². The van der Waals surface area contributed by atoms with Crippen LogP contribution in [0, 0.1) is 11.8 Å². The minimum Gasteiger partial charge on any atom is -0.380 e. The molecule has 0 saturated heterocycles. The maximum Gasteiger partial charge on any atom is 0.114 e. The van der Waals surface area contributed by atoms with Crippen molar-refractivity contribution in [3.8, 4) is 11.8 Å². The highest BCUT2D eigenvalue weighted by molar-refractivity contribution is 6.79. The van der Waals surface area contributed by atoms with E-state index in [1.54, 1.807) is 0 Å². The lowest BCUT2D eigenvalue weighted by Gasteiger charge is -2.32. The van der Waals surface area contributed by atoms with Crippen LogP contribution in [-0.4, -0.2) is 19.3 Å². The van der Waals surface area contributed by atoms with Gasteiger partial charge >= 0.3 is 0 Å². The van der Waals surface area contributed by atoms with Gasteiger partial charge in [0.1, 0.15) is 6.10 Å². The van der Waals surface area contributed by atoms with Gasteiger partial charge in [-0.3, -0.25) is 0 Å². The molecule has 0 heterocycles. The molecule has 0 aromatic carbocycles. The van der Waals surface area contributed by atoms with E-state index in [1.807, 2.05) is 0 Å². The van der Waals surface area contributed by atoms with Crippen molar-refractivity contribution in [2.45, 2.75) is 70.8 Å². The summed E-state index contributed by atoms with van der Waals surface area (Å²) < 4.78 is 0. The summed E-state index contributed by atoms with van der Waals surface area (Å²) in [5, 5.41) is 9.73. The first-order valence-electron chi connectivity index (χ1n) is 5.91. The molecule has 1 atom stereocenters. The standard InChI is InChI=1S/C13H26OSi/c1-7-8-9-12(14)10-11-13(2,3)15(4,5)6/h12,14H,7-9H2,1-6H3. The highest BCUT2D eigenvalue weighted by atomic mass is 28.3. The fraction of sp³-hybridized carbons (Fsp3) is 0.846. The molecule has 0 rings (SSSR count). The lowest BCUT2D eigenvalue weighted by molar-refractivity contribution is 0.218. The first-order chi connectivity index (χ1) is 6.70. The Kier molecular flexibility index (Phi) is 5.62. The molecule has 0 fully saturated rings. The molecule has 0 spiro atoms. The van der Waals surface area contributed by atoms with Crippen LogP contribution in [0.5, 0.6) is 0 Å². The van der Waals surface area contributed by atoms with Gasteiger partial charge in [-0.15, -0.1) is 0 Å². The second-order valence-corrected chi connectivity index (χ2v) is 11.6. The van der Waals surface area contributed by atoms with E-state index < -0.39 is 14.2 Å². The highest BCUT2D eigenvalue weighted by Crippen LogP contribution is 2.35. The predicted molar refractivity (Wildman–Crippen MR) is 70.7 cm³/mol. The highest BCUT2D eigenvalue weighted by Gasteiger charge is 2.32. The zero-order chi connectivity index (χ0) is 12.1. The van der Waals surface area contributed by atoms with Crippen LogP contribution in [0.2, 0.25) is 24.7 Å². The predicted octanol–water partition coefficient (Wildman–Crippen LogP) is 3.66. The summed E-state index contributed by atoms with van der Waals surface area (Å²) in [6.07, 6.45) is 2.56. The smallest absolute Gasteiger partial charge is 0.114 e. The molecule has 0 saturated carbocycles. The van der Waals surface area contributed by atoms with Gasteiger partial charge in [-0.1, -0.05) is 65.1 Å². The summed E-state index contributed by atoms with van der Waals surface area (Å²) >= 11 is 0. The number of aliphatic hydroxyl groups excluding tert-OH is 1. The lowest BCUT2D eigenvalue weighted by atomic mass is 10.1. The van der Waals surface area contributed by atoms with Gasteiger partial charge in [0.15, 0.2) is 0 Å². The maximum absolute atomic E-state index is 9.65. The molecular formula is C13H26OSi. The van der Waals surface area contributed by atoms with Gasteiger partial charge in [0.25, 0.3) is 0 Å². The molecule has 0 amide bonds. The Hall–Kier alpha value is -0.263. The Labute approximate surface area is 96.3 Å². The SMILES string of the molecule is CCCCC(O)C#CC(C)(C)[Si](C)(C)C. The zero-order valence-corrected chi connectivity index (χ0v) is 12.1. The minimum absolute atomic E-state index is 0.0835. The fourth-order valence-electron chi connectivity index (χ4n) is 0.921. The van der Waals surface area contributed by atoms with E-state index in [0.717, 1.165) is 19.3 Å². The minimum atomic E-state index is -1.27. The van der Waals surface area contributed by atoms with Crippen molar-refractivity contribution in [1.82, 2.24) is 0 Å². The van der Waals surface area contributed by atoms with E-state index in [2.05, 4.69) is 52.3 Å². The molecule has 1 N–H and O–H groups in total. The fourth-order valence-corrected chi connectivity index (χ4v) is 1.37. The summed E-state index contributed by atoms with van der Waals surface area (Å²) in [7, 11) is -1.27. The van der Waals surface area contributed by atoms with E-state index in [1.165, 1.54) is 0 Å². The molecule has 0 aliphatic rings. The molecule has 0 aliphatic carbocycles. The van der Waals surface area contributed by atoms with E-state index in [4.69, 9.17) is 0 Å². The third kappa shape index (κ3) is 5.39. The van der Waals surface area contributed by atoms with E-state index in [-0.39, 0.29) is 5.04 Å². The Morgan fingerprint density at radius 3 is 2.20 bits per heavy atom. The summed E-state index contributed by atoms with van der Waals surface area (Å²) in [5.74, 6) is 6.27. The molecule has 1 unspecified atom stereocenters. The number of hydrogen-bond acceptors (Lipinski definition) is 1. The average molecular weight is 226 g/mol. The van der Waals surface area contributed by atoms with Crippen LogP contribution in [0.1, 0.15) is 40.0 Å². The van der Waals surface area contributed by atoms with Crippen molar-refractivity contribution < 1.29 is 5.11 Å².